The van der Waals surface area contributed by atoms with Crippen LogP contribution in [0.25, 0.3) is 0 Å². The molecule has 0 radical (unpaired) electrons. The van der Waals surface area contributed by atoms with Crippen LogP contribution >= 0.6 is 27.7 Å². The van der Waals surface area contributed by atoms with Crippen molar-refractivity contribution in [2.45, 2.75) is 11.4 Å². The van der Waals surface area contributed by atoms with E-state index in [1.165, 1.54) is 37.1 Å². The minimum atomic E-state index is -0.426. The summed E-state index contributed by atoms with van der Waals surface area (Å²) in [6.07, 6.45) is 0.178. The monoisotopic (exact) mass is 418 g/mol. The summed E-state index contributed by atoms with van der Waals surface area (Å²) in [5.41, 5.74) is 0.623. The molecule has 2 N–H and O–H groups in total. The average molecular weight is 419 g/mol. The summed E-state index contributed by atoms with van der Waals surface area (Å²) in [6.45, 7) is 0. The first kappa shape index (κ1) is 18.2. The molecule has 0 unspecified atom stereocenters. The van der Waals surface area contributed by atoms with Gasteiger partial charge >= 0.3 is 5.97 Å². The molecule has 11 heteroatoms. The number of benzene rings is 1. The molecule has 0 bridgehead atoms. The maximum absolute atomic E-state index is 13.3. The highest BCUT2D eigenvalue weighted by Crippen LogP contribution is 2.23. The molecule has 0 aliphatic carbocycles. The highest BCUT2D eigenvalue weighted by molar-refractivity contribution is 9.10. The lowest BCUT2D eigenvalue weighted by Gasteiger charge is -2.07. The average Bonchev–Trinajstić information content (AvgIpc) is 3.04. The van der Waals surface area contributed by atoms with Gasteiger partial charge in [-0.15, -0.1) is 0 Å². The predicted molar refractivity (Wildman–Crippen MR) is 87.7 cm³/mol. The quantitative estimate of drug-likeness (QED) is 0.184. The number of thioether (sulfide) groups is 1. The zero-order valence-corrected chi connectivity index (χ0v) is 14.7. The fraction of sp³-hybridized carbons (Fsp3) is 0.231. The van der Waals surface area contributed by atoms with Gasteiger partial charge in [0, 0.05) is 11.4 Å². The summed E-state index contributed by atoms with van der Waals surface area (Å²) in [4.78, 5) is 11.1. The summed E-state index contributed by atoms with van der Waals surface area (Å²) in [7, 11) is 1.30. The second-order valence-corrected chi connectivity index (χ2v) is 6.23. The van der Waals surface area contributed by atoms with Crippen LogP contribution in [0, 0.1) is 5.82 Å². The van der Waals surface area contributed by atoms with Gasteiger partial charge in [-0.05, 0) is 44.4 Å². The van der Waals surface area contributed by atoms with Gasteiger partial charge in [0.15, 0.2) is 10.7 Å². The van der Waals surface area contributed by atoms with Crippen molar-refractivity contribution >= 4 is 45.2 Å². The third-order valence-corrected chi connectivity index (χ3v) is 4.29. The van der Waals surface area contributed by atoms with Gasteiger partial charge in [0.25, 0.3) is 0 Å². The van der Waals surface area contributed by atoms with Crippen molar-refractivity contribution in [2.24, 2.45) is 5.16 Å². The van der Waals surface area contributed by atoms with Gasteiger partial charge in [0.1, 0.15) is 5.82 Å². The molecule has 1 aromatic heterocycles. The van der Waals surface area contributed by atoms with Crippen LogP contribution < -0.4 is 5.32 Å². The van der Waals surface area contributed by atoms with Gasteiger partial charge < -0.3 is 15.3 Å². The minimum absolute atomic E-state index is 0.0321. The highest BCUT2D eigenvalue weighted by Gasteiger charge is 2.19. The number of esters is 1. The molecule has 0 aliphatic heterocycles. The van der Waals surface area contributed by atoms with Crippen molar-refractivity contribution < 1.29 is 23.8 Å². The maximum atomic E-state index is 13.3. The number of hydrogen-bond acceptors (Lipinski definition) is 8. The number of nitrogens with one attached hydrogen (secondary N) is 1. The van der Waals surface area contributed by atoms with Crippen LogP contribution in [0.2, 0.25) is 0 Å². The van der Waals surface area contributed by atoms with E-state index in [-0.39, 0.29) is 28.4 Å². The topological polar surface area (TPSA) is 110 Å². The number of carbonyl (C=O) groups is 1. The molecule has 0 saturated heterocycles. The van der Waals surface area contributed by atoms with Crippen LogP contribution in [-0.4, -0.2) is 40.2 Å². The number of rotatable bonds is 6. The number of anilines is 1. The lowest BCUT2D eigenvalue weighted by Crippen LogP contribution is -2.15. The number of methoxy groups -OCH3 is 1. The maximum Gasteiger partial charge on any atom is 0.306 e. The van der Waals surface area contributed by atoms with Crippen molar-refractivity contribution in [3.05, 3.63) is 34.2 Å². The van der Waals surface area contributed by atoms with Crippen molar-refractivity contribution in [3.8, 4) is 0 Å². The number of hydrogen-bond donors (Lipinski definition) is 2. The van der Waals surface area contributed by atoms with Crippen molar-refractivity contribution in [1.29, 1.82) is 0 Å². The van der Waals surface area contributed by atoms with Gasteiger partial charge in [-0.1, -0.05) is 16.9 Å². The predicted octanol–water partition coefficient (Wildman–Crippen LogP) is 2.87. The largest absolute Gasteiger partial charge is 0.469 e. The zero-order chi connectivity index (χ0) is 17.5. The van der Waals surface area contributed by atoms with E-state index in [0.29, 0.717) is 16.5 Å². The summed E-state index contributed by atoms with van der Waals surface area (Å²) >= 11 is 4.25. The Balaban J connectivity index is 2.09. The van der Waals surface area contributed by atoms with Crippen LogP contribution in [0.4, 0.5) is 10.1 Å². The van der Waals surface area contributed by atoms with E-state index < -0.39 is 5.82 Å². The molecular weight excluding hydrogens is 407 g/mol. The molecule has 0 amide bonds. The van der Waals surface area contributed by atoms with E-state index in [9.17, 15) is 14.4 Å². The molecule has 2 rings (SSSR count). The molecule has 0 saturated carbocycles. The van der Waals surface area contributed by atoms with Crippen molar-refractivity contribution in [2.75, 3.05) is 18.2 Å². The van der Waals surface area contributed by atoms with E-state index in [0.717, 1.165) is 0 Å². The van der Waals surface area contributed by atoms with E-state index in [1.54, 1.807) is 0 Å². The fourth-order valence-electron chi connectivity index (χ4n) is 1.60. The summed E-state index contributed by atoms with van der Waals surface area (Å²) in [5, 5.41) is 22.8. The van der Waals surface area contributed by atoms with Crippen LogP contribution in [0.1, 0.15) is 12.1 Å². The molecular formula is C13H12BrFN4O4S. The van der Waals surface area contributed by atoms with Gasteiger partial charge in [0.2, 0.25) is 5.84 Å². The molecule has 0 fully saturated rings. The minimum Gasteiger partial charge on any atom is -0.469 e. The zero-order valence-electron chi connectivity index (χ0n) is 12.3. The normalized spacial score (nSPS) is 11.4. The first-order valence-corrected chi connectivity index (χ1v) is 8.29. The highest BCUT2D eigenvalue weighted by atomic mass is 79.9. The van der Waals surface area contributed by atoms with Gasteiger partial charge in [-0.25, -0.2) is 9.02 Å². The first-order chi connectivity index (χ1) is 11.5. The number of carbonyl (C=O) groups excluding carboxylic acids is 1. The second-order valence-electron chi connectivity index (χ2n) is 4.30. The van der Waals surface area contributed by atoms with Crippen LogP contribution in [-0.2, 0) is 9.53 Å². The molecule has 24 heavy (non-hydrogen) atoms. The Morgan fingerprint density at radius 3 is 3.00 bits per heavy atom. The lowest BCUT2D eigenvalue weighted by molar-refractivity contribution is -0.140. The molecule has 0 spiro atoms. The summed E-state index contributed by atoms with van der Waals surface area (Å²) < 4.78 is 22.7. The Hall–Kier alpha value is -2.14. The smallest absolute Gasteiger partial charge is 0.306 e. The molecule has 0 aliphatic rings. The Morgan fingerprint density at radius 1 is 1.54 bits per heavy atom. The Bertz CT molecular complexity index is 755. The fourth-order valence-corrected chi connectivity index (χ4v) is 2.79. The summed E-state index contributed by atoms with van der Waals surface area (Å²) in [6, 6.07) is 4.18. The van der Waals surface area contributed by atoms with Crippen molar-refractivity contribution in [1.82, 2.24) is 10.3 Å². The number of amidine groups is 1. The van der Waals surface area contributed by atoms with E-state index in [1.807, 2.05) is 0 Å². The third kappa shape index (κ3) is 4.68. The lowest BCUT2D eigenvalue weighted by atomic mass is 10.3. The molecule has 1 aromatic carbocycles. The standard InChI is InChI=1S/C13H12BrFN4O4S/c1-22-10(20)4-5-24-13-11(18-23-19-13)12(17-21)16-7-2-3-9(15)8(14)6-7/h2-3,6,21H,4-5H2,1H3,(H,16,17). The van der Waals surface area contributed by atoms with E-state index >= 15 is 0 Å². The van der Waals surface area contributed by atoms with Gasteiger partial charge in [-0.2, -0.15) is 0 Å². The number of aromatic nitrogens is 2. The SMILES string of the molecule is COC(=O)CCSc1nonc1/C(=N/O)Nc1ccc(F)c(Br)c1. The molecule has 128 valence electrons. The Morgan fingerprint density at radius 2 is 2.33 bits per heavy atom. The van der Waals surface area contributed by atoms with Crippen LogP contribution in [0.5, 0.6) is 0 Å². The number of halogens is 2. The van der Waals surface area contributed by atoms with E-state index in [2.05, 4.69) is 46.1 Å². The molecule has 1 heterocycles. The third-order valence-electron chi connectivity index (χ3n) is 2.74. The van der Waals surface area contributed by atoms with Crippen LogP contribution in [0.15, 0.2) is 37.5 Å². The van der Waals surface area contributed by atoms with E-state index in [4.69, 9.17) is 0 Å². The van der Waals surface area contributed by atoms with Gasteiger partial charge in [0.05, 0.1) is 18.0 Å². The second kappa shape index (κ2) is 8.64. The first-order valence-electron chi connectivity index (χ1n) is 6.51. The Labute approximate surface area is 148 Å². The molecule has 2 aromatic rings. The van der Waals surface area contributed by atoms with Gasteiger partial charge in [-0.3, -0.25) is 4.79 Å². The number of nitrogens with zero attached hydrogens (tertiary/aromatic N) is 3. The van der Waals surface area contributed by atoms with Crippen LogP contribution in [0.3, 0.4) is 0 Å². The summed E-state index contributed by atoms with van der Waals surface area (Å²) in [5.74, 6) is -0.430. The number of oxime groups is 1. The van der Waals surface area contributed by atoms with Crippen molar-refractivity contribution in [3.63, 3.8) is 0 Å². The Kier molecular flexibility index (Phi) is 6.55. The molecule has 0 atom stereocenters. The number of ether oxygens (including phenoxy) is 1. The molecule has 8 nitrogen and oxygen atoms in total.